The highest BCUT2D eigenvalue weighted by atomic mass is 79.9. The summed E-state index contributed by atoms with van der Waals surface area (Å²) in [6.07, 6.45) is 0. The summed E-state index contributed by atoms with van der Waals surface area (Å²) in [7, 11) is 0. The highest BCUT2D eigenvalue weighted by molar-refractivity contribution is 9.10. The monoisotopic (exact) mass is 313 g/mol. The Morgan fingerprint density at radius 1 is 1.29 bits per heavy atom. The van der Waals surface area contributed by atoms with E-state index in [-0.39, 0.29) is 11.9 Å². The number of hydrogen-bond donors (Lipinski definition) is 1. The predicted molar refractivity (Wildman–Crippen MR) is 73.9 cm³/mol. The van der Waals surface area contributed by atoms with E-state index in [9.17, 15) is 4.39 Å². The van der Waals surface area contributed by atoms with Crippen LogP contribution in [0.25, 0.3) is 0 Å². The molecule has 2 aromatic rings. The third kappa shape index (κ3) is 2.59. The Balaban J connectivity index is 2.40. The van der Waals surface area contributed by atoms with E-state index in [2.05, 4.69) is 22.0 Å². The quantitative estimate of drug-likeness (QED) is 0.878. The first-order chi connectivity index (χ1) is 7.99. The van der Waals surface area contributed by atoms with Gasteiger partial charge in [0.05, 0.1) is 6.04 Å². The van der Waals surface area contributed by atoms with E-state index in [0.29, 0.717) is 5.56 Å². The topological polar surface area (TPSA) is 26.0 Å². The molecule has 0 fully saturated rings. The summed E-state index contributed by atoms with van der Waals surface area (Å²) in [5.41, 5.74) is 7.77. The van der Waals surface area contributed by atoms with E-state index in [1.807, 2.05) is 13.0 Å². The van der Waals surface area contributed by atoms with Crippen LogP contribution in [0.2, 0.25) is 0 Å². The molecule has 1 aromatic heterocycles. The largest absolute Gasteiger partial charge is 0.320 e. The first kappa shape index (κ1) is 12.7. The second kappa shape index (κ2) is 4.88. The molecule has 1 heterocycles. The van der Waals surface area contributed by atoms with Crippen LogP contribution in [0.1, 0.15) is 26.9 Å². The van der Waals surface area contributed by atoms with Crippen molar-refractivity contribution >= 4 is 27.3 Å². The number of benzene rings is 1. The van der Waals surface area contributed by atoms with Gasteiger partial charge >= 0.3 is 0 Å². The first-order valence-electron chi connectivity index (χ1n) is 5.26. The Labute approximate surface area is 113 Å². The molecule has 4 heteroatoms. The van der Waals surface area contributed by atoms with Gasteiger partial charge in [-0.2, -0.15) is 0 Å². The van der Waals surface area contributed by atoms with E-state index in [1.54, 1.807) is 24.3 Å². The van der Waals surface area contributed by atoms with Gasteiger partial charge in [-0.15, -0.1) is 11.3 Å². The molecule has 1 aromatic carbocycles. The molecule has 2 N–H and O–H groups in total. The molecular formula is C13H13BrFNS. The third-order valence-corrected chi connectivity index (χ3v) is 4.71. The molecule has 2 rings (SSSR count). The first-order valence-corrected chi connectivity index (χ1v) is 6.87. The Hall–Kier alpha value is -0.710. The zero-order chi connectivity index (χ0) is 12.6. The van der Waals surface area contributed by atoms with Gasteiger partial charge in [-0.3, -0.25) is 0 Å². The van der Waals surface area contributed by atoms with E-state index in [1.165, 1.54) is 10.9 Å². The maximum atomic E-state index is 13.2. The smallest absolute Gasteiger partial charge is 0.126 e. The lowest BCUT2D eigenvalue weighted by Gasteiger charge is -2.12. The Kier molecular flexibility index (Phi) is 3.66. The van der Waals surface area contributed by atoms with Gasteiger partial charge in [0.2, 0.25) is 0 Å². The maximum absolute atomic E-state index is 13.2. The second-order valence-electron chi connectivity index (χ2n) is 4.06. The summed E-state index contributed by atoms with van der Waals surface area (Å²) in [6.45, 7) is 3.79. The molecule has 1 unspecified atom stereocenters. The van der Waals surface area contributed by atoms with Gasteiger partial charge in [0.1, 0.15) is 5.82 Å². The van der Waals surface area contributed by atoms with Crippen LogP contribution in [0, 0.1) is 19.7 Å². The van der Waals surface area contributed by atoms with Crippen LogP contribution in [-0.4, -0.2) is 0 Å². The van der Waals surface area contributed by atoms with E-state index >= 15 is 0 Å². The lowest BCUT2D eigenvalue weighted by molar-refractivity contribution is 0.617. The predicted octanol–water partition coefficient (Wildman–Crippen LogP) is 4.31. The number of thiophene rings is 1. The fourth-order valence-corrected chi connectivity index (χ4v) is 3.65. The zero-order valence-electron chi connectivity index (χ0n) is 9.63. The molecule has 0 aliphatic carbocycles. The average molecular weight is 314 g/mol. The average Bonchev–Trinajstić information content (AvgIpc) is 2.61. The Bertz CT molecular complexity index is 550. The summed E-state index contributed by atoms with van der Waals surface area (Å²) >= 11 is 5.17. The van der Waals surface area contributed by atoms with Gasteiger partial charge in [0.15, 0.2) is 0 Å². The Morgan fingerprint density at radius 2 is 2.00 bits per heavy atom. The van der Waals surface area contributed by atoms with Crippen LogP contribution in [-0.2, 0) is 0 Å². The highest BCUT2D eigenvalue weighted by Gasteiger charge is 2.15. The molecule has 17 heavy (non-hydrogen) atoms. The summed E-state index contributed by atoms with van der Waals surface area (Å²) in [6, 6.07) is 6.87. The molecule has 1 atom stereocenters. The van der Waals surface area contributed by atoms with Gasteiger partial charge in [-0.1, -0.05) is 12.1 Å². The molecular weight excluding hydrogens is 301 g/mol. The van der Waals surface area contributed by atoms with Crippen molar-refractivity contribution < 1.29 is 4.39 Å². The molecule has 0 amide bonds. The molecule has 90 valence electrons. The second-order valence-corrected chi connectivity index (χ2v) is 6.20. The van der Waals surface area contributed by atoms with Crippen molar-refractivity contribution in [2.45, 2.75) is 19.9 Å². The van der Waals surface area contributed by atoms with Crippen molar-refractivity contribution in [3.8, 4) is 0 Å². The SMILES string of the molecule is Cc1cc(Br)c(C(N)c2ccc(F)c(C)c2)s1. The van der Waals surface area contributed by atoms with Crippen molar-refractivity contribution in [1.29, 1.82) is 0 Å². The number of aryl methyl sites for hydroxylation is 2. The fourth-order valence-electron chi connectivity index (χ4n) is 1.73. The van der Waals surface area contributed by atoms with Gasteiger partial charge in [-0.25, -0.2) is 4.39 Å². The summed E-state index contributed by atoms with van der Waals surface area (Å²) < 4.78 is 14.2. The van der Waals surface area contributed by atoms with Gasteiger partial charge in [0.25, 0.3) is 0 Å². The highest BCUT2D eigenvalue weighted by Crippen LogP contribution is 2.34. The van der Waals surface area contributed by atoms with E-state index < -0.39 is 0 Å². The zero-order valence-corrected chi connectivity index (χ0v) is 12.0. The fraction of sp³-hybridized carbons (Fsp3) is 0.231. The number of halogens is 2. The number of rotatable bonds is 2. The van der Waals surface area contributed by atoms with Crippen LogP contribution in [0.5, 0.6) is 0 Å². The lowest BCUT2D eigenvalue weighted by atomic mass is 10.0. The minimum Gasteiger partial charge on any atom is -0.320 e. The molecule has 1 nitrogen and oxygen atoms in total. The standard InChI is InChI=1S/C13H13BrFNS/c1-7-5-9(3-4-11(7)15)12(16)13-10(14)6-8(2)17-13/h3-6,12H,16H2,1-2H3. The molecule has 0 spiro atoms. The Morgan fingerprint density at radius 3 is 2.53 bits per heavy atom. The van der Waals surface area contributed by atoms with Crippen molar-refractivity contribution in [3.63, 3.8) is 0 Å². The van der Waals surface area contributed by atoms with Crippen molar-refractivity contribution in [3.05, 3.63) is 55.4 Å². The van der Waals surface area contributed by atoms with E-state index in [4.69, 9.17) is 5.73 Å². The van der Waals surface area contributed by atoms with Crippen molar-refractivity contribution in [2.75, 3.05) is 0 Å². The van der Waals surface area contributed by atoms with Crippen molar-refractivity contribution in [2.24, 2.45) is 5.73 Å². The molecule has 0 aliphatic rings. The van der Waals surface area contributed by atoms with Crippen molar-refractivity contribution in [1.82, 2.24) is 0 Å². The lowest BCUT2D eigenvalue weighted by Crippen LogP contribution is -2.11. The van der Waals surface area contributed by atoms with Crippen LogP contribution in [0.4, 0.5) is 4.39 Å². The molecule has 0 bridgehead atoms. The van der Waals surface area contributed by atoms with Crippen LogP contribution >= 0.6 is 27.3 Å². The summed E-state index contributed by atoms with van der Waals surface area (Å²) in [5.74, 6) is -0.192. The molecule has 0 aliphatic heterocycles. The summed E-state index contributed by atoms with van der Waals surface area (Å²) in [5, 5.41) is 0. The molecule has 0 saturated carbocycles. The van der Waals surface area contributed by atoms with E-state index in [0.717, 1.165) is 14.9 Å². The van der Waals surface area contributed by atoms with Gasteiger partial charge in [-0.05, 0) is 53.0 Å². The third-order valence-electron chi connectivity index (χ3n) is 2.66. The van der Waals surface area contributed by atoms with Gasteiger partial charge in [0, 0.05) is 14.2 Å². The van der Waals surface area contributed by atoms with Gasteiger partial charge < -0.3 is 5.73 Å². The summed E-state index contributed by atoms with van der Waals surface area (Å²) in [4.78, 5) is 2.29. The maximum Gasteiger partial charge on any atom is 0.126 e. The van der Waals surface area contributed by atoms with Crippen LogP contribution in [0.3, 0.4) is 0 Å². The van der Waals surface area contributed by atoms with Crippen LogP contribution in [0.15, 0.2) is 28.7 Å². The number of hydrogen-bond acceptors (Lipinski definition) is 2. The molecule has 0 radical (unpaired) electrons. The molecule has 0 saturated heterocycles. The minimum absolute atomic E-state index is 0.192. The normalized spacial score (nSPS) is 12.8. The minimum atomic E-state index is -0.206. The van der Waals surface area contributed by atoms with Crippen LogP contribution < -0.4 is 5.73 Å². The number of nitrogens with two attached hydrogens (primary N) is 1.